The maximum atomic E-state index is 13.1. The number of alkyl halides is 3. The van der Waals surface area contributed by atoms with E-state index in [4.69, 9.17) is 9.47 Å². The Labute approximate surface area is 154 Å². The van der Waals surface area contributed by atoms with Gasteiger partial charge in [-0.2, -0.15) is 13.2 Å². The van der Waals surface area contributed by atoms with Crippen molar-refractivity contribution in [2.45, 2.75) is 24.9 Å². The van der Waals surface area contributed by atoms with Crippen molar-refractivity contribution < 1.29 is 27.4 Å². The van der Waals surface area contributed by atoms with Gasteiger partial charge in [0.25, 0.3) is 0 Å². The Kier molecular flexibility index (Phi) is 4.45. The molecule has 1 heterocycles. The highest BCUT2D eigenvalue weighted by Crippen LogP contribution is 2.51. The van der Waals surface area contributed by atoms with Crippen molar-refractivity contribution in [2.24, 2.45) is 5.92 Å². The van der Waals surface area contributed by atoms with Gasteiger partial charge in [0.05, 0.1) is 5.56 Å². The number of benzene rings is 2. The predicted molar refractivity (Wildman–Crippen MR) is 91.6 cm³/mol. The average Bonchev–Trinajstić information content (AvgIpc) is 3.31. The lowest BCUT2D eigenvalue weighted by Gasteiger charge is -2.12. The lowest BCUT2D eigenvalue weighted by molar-refractivity contribution is -0.138. The van der Waals surface area contributed by atoms with E-state index in [2.05, 4.69) is 5.32 Å². The van der Waals surface area contributed by atoms with Crippen molar-refractivity contribution in [3.8, 4) is 11.5 Å². The Balaban J connectivity index is 1.32. The lowest BCUT2D eigenvalue weighted by Crippen LogP contribution is -2.27. The number of halogens is 3. The maximum absolute atomic E-state index is 13.1. The summed E-state index contributed by atoms with van der Waals surface area (Å²) in [4.78, 5) is 12.3. The van der Waals surface area contributed by atoms with Crippen molar-refractivity contribution in [3.63, 3.8) is 0 Å². The number of rotatable bonds is 5. The van der Waals surface area contributed by atoms with Crippen LogP contribution in [0.1, 0.15) is 29.0 Å². The van der Waals surface area contributed by atoms with Crippen LogP contribution < -0.4 is 14.8 Å². The van der Waals surface area contributed by atoms with Gasteiger partial charge in [0.1, 0.15) is 0 Å². The highest BCUT2D eigenvalue weighted by atomic mass is 19.4. The van der Waals surface area contributed by atoms with Gasteiger partial charge in [-0.05, 0) is 48.1 Å². The zero-order chi connectivity index (χ0) is 19.0. The summed E-state index contributed by atoms with van der Waals surface area (Å²) in [6.45, 7) is 0.626. The third-order valence-corrected chi connectivity index (χ3v) is 4.94. The van der Waals surface area contributed by atoms with Gasteiger partial charge in [0, 0.05) is 12.5 Å². The maximum Gasteiger partial charge on any atom is 0.416 e. The van der Waals surface area contributed by atoms with Gasteiger partial charge in [0.15, 0.2) is 11.5 Å². The van der Waals surface area contributed by atoms with E-state index >= 15 is 0 Å². The average molecular weight is 377 g/mol. The topological polar surface area (TPSA) is 47.6 Å². The fourth-order valence-corrected chi connectivity index (χ4v) is 3.46. The van der Waals surface area contributed by atoms with Crippen LogP contribution in [-0.2, 0) is 17.4 Å². The number of hydrogen-bond donors (Lipinski definition) is 1. The lowest BCUT2D eigenvalue weighted by atomic mass is 10.0. The summed E-state index contributed by atoms with van der Waals surface area (Å²) in [5.74, 6) is 0.424. The quantitative estimate of drug-likeness (QED) is 0.860. The second-order valence-electron chi connectivity index (χ2n) is 6.76. The van der Waals surface area contributed by atoms with Crippen LogP contribution in [0.2, 0.25) is 0 Å². The summed E-state index contributed by atoms with van der Waals surface area (Å²) >= 11 is 0. The second-order valence-corrected chi connectivity index (χ2v) is 6.76. The first kappa shape index (κ1) is 17.7. The zero-order valence-corrected chi connectivity index (χ0v) is 14.4. The number of amides is 1. The van der Waals surface area contributed by atoms with Crippen LogP contribution in [0.4, 0.5) is 13.2 Å². The molecular weight excluding hydrogens is 359 g/mol. The first-order chi connectivity index (χ1) is 12.9. The molecule has 2 unspecified atom stereocenters. The van der Waals surface area contributed by atoms with Crippen LogP contribution in [0.25, 0.3) is 0 Å². The van der Waals surface area contributed by atoms with Gasteiger partial charge in [-0.15, -0.1) is 0 Å². The normalized spacial score (nSPS) is 20.4. The van der Waals surface area contributed by atoms with Crippen molar-refractivity contribution in [1.29, 1.82) is 0 Å². The van der Waals surface area contributed by atoms with Crippen LogP contribution in [0.15, 0.2) is 42.5 Å². The van der Waals surface area contributed by atoms with Crippen LogP contribution in [0, 0.1) is 5.92 Å². The molecule has 4 nitrogen and oxygen atoms in total. The fraction of sp³-hybridized carbons (Fsp3) is 0.350. The Morgan fingerprint density at radius 1 is 1.11 bits per heavy atom. The Morgan fingerprint density at radius 3 is 2.70 bits per heavy atom. The SMILES string of the molecule is O=C(NCCc1ccc2c(c1)OCO2)C1CC1c1ccccc1C(F)(F)F. The summed E-state index contributed by atoms with van der Waals surface area (Å²) in [5.41, 5.74) is 0.556. The predicted octanol–water partition coefficient (Wildman–Crippen LogP) is 3.90. The van der Waals surface area contributed by atoms with E-state index in [0.717, 1.165) is 11.6 Å². The molecule has 1 saturated carbocycles. The molecule has 1 amide bonds. The molecule has 1 fully saturated rings. The summed E-state index contributed by atoms with van der Waals surface area (Å²) in [7, 11) is 0. The van der Waals surface area contributed by atoms with Crippen LogP contribution in [-0.4, -0.2) is 19.2 Å². The molecule has 2 aromatic carbocycles. The Morgan fingerprint density at radius 2 is 1.89 bits per heavy atom. The van der Waals surface area contributed by atoms with E-state index in [1.54, 1.807) is 6.07 Å². The van der Waals surface area contributed by atoms with E-state index in [9.17, 15) is 18.0 Å². The van der Waals surface area contributed by atoms with Crippen LogP contribution in [0.5, 0.6) is 11.5 Å². The molecule has 0 radical (unpaired) electrons. The molecule has 0 spiro atoms. The molecule has 2 atom stereocenters. The number of fused-ring (bicyclic) bond motifs is 1. The van der Waals surface area contributed by atoms with Gasteiger partial charge in [-0.1, -0.05) is 24.3 Å². The first-order valence-electron chi connectivity index (χ1n) is 8.76. The minimum absolute atomic E-state index is 0.197. The molecule has 0 aromatic heterocycles. The minimum atomic E-state index is -4.40. The standard InChI is InChI=1S/C20H18F3NO3/c21-20(22,23)16-4-2-1-3-13(16)14-10-15(14)19(25)24-8-7-12-5-6-17-18(9-12)27-11-26-17/h1-6,9,14-15H,7-8,10-11H2,(H,24,25). The number of hydrogen-bond acceptors (Lipinski definition) is 3. The zero-order valence-electron chi connectivity index (χ0n) is 14.4. The highest BCUT2D eigenvalue weighted by Gasteiger charge is 2.47. The van der Waals surface area contributed by atoms with Gasteiger partial charge in [0.2, 0.25) is 12.7 Å². The van der Waals surface area contributed by atoms with Gasteiger partial charge >= 0.3 is 6.18 Å². The summed E-state index contributed by atoms with van der Waals surface area (Å²) in [5, 5.41) is 2.83. The van der Waals surface area contributed by atoms with Crippen molar-refractivity contribution >= 4 is 5.91 Å². The van der Waals surface area contributed by atoms with Crippen molar-refractivity contribution in [2.75, 3.05) is 13.3 Å². The molecule has 2 aliphatic rings. The van der Waals surface area contributed by atoms with E-state index < -0.39 is 17.7 Å². The number of carbonyl (C=O) groups excluding carboxylic acids is 1. The number of ether oxygens (including phenoxy) is 2. The van der Waals surface area contributed by atoms with Gasteiger partial charge in [-0.3, -0.25) is 4.79 Å². The molecule has 7 heteroatoms. The van der Waals surface area contributed by atoms with E-state index in [1.165, 1.54) is 12.1 Å². The highest BCUT2D eigenvalue weighted by molar-refractivity contribution is 5.83. The molecular formula is C20H18F3NO3. The van der Waals surface area contributed by atoms with Crippen molar-refractivity contribution in [3.05, 3.63) is 59.2 Å². The molecule has 2 aromatic rings. The van der Waals surface area contributed by atoms with Gasteiger partial charge in [-0.25, -0.2) is 0 Å². The summed E-state index contributed by atoms with van der Waals surface area (Å²) in [6.07, 6.45) is -3.35. The summed E-state index contributed by atoms with van der Waals surface area (Å²) < 4.78 is 50.0. The van der Waals surface area contributed by atoms with Gasteiger partial charge < -0.3 is 14.8 Å². The first-order valence-corrected chi connectivity index (χ1v) is 8.76. The van der Waals surface area contributed by atoms with E-state index in [1.807, 2.05) is 18.2 Å². The monoisotopic (exact) mass is 377 g/mol. The molecule has 142 valence electrons. The van der Waals surface area contributed by atoms with E-state index in [-0.39, 0.29) is 24.2 Å². The fourth-order valence-electron chi connectivity index (χ4n) is 3.46. The third kappa shape index (κ3) is 3.72. The van der Waals surface area contributed by atoms with Crippen LogP contribution >= 0.6 is 0 Å². The third-order valence-electron chi connectivity index (χ3n) is 4.94. The number of carbonyl (C=O) groups is 1. The Hall–Kier alpha value is -2.70. The molecule has 1 aliphatic heterocycles. The molecule has 1 aliphatic carbocycles. The molecule has 0 saturated heterocycles. The molecule has 0 bridgehead atoms. The Bertz CT molecular complexity index is 866. The minimum Gasteiger partial charge on any atom is -0.454 e. The molecule has 4 rings (SSSR count). The second kappa shape index (κ2) is 6.79. The molecule has 1 N–H and O–H groups in total. The summed E-state index contributed by atoms with van der Waals surface area (Å²) in [6, 6.07) is 11.1. The van der Waals surface area contributed by atoms with E-state index in [0.29, 0.717) is 30.9 Å². The van der Waals surface area contributed by atoms with Crippen molar-refractivity contribution in [1.82, 2.24) is 5.32 Å². The number of nitrogens with one attached hydrogen (secondary N) is 1. The largest absolute Gasteiger partial charge is 0.454 e. The van der Waals surface area contributed by atoms with Crippen LogP contribution in [0.3, 0.4) is 0 Å². The molecule has 27 heavy (non-hydrogen) atoms. The smallest absolute Gasteiger partial charge is 0.416 e.